The molecule has 27 heavy (non-hydrogen) atoms. The van der Waals surface area contributed by atoms with E-state index in [4.69, 9.17) is 0 Å². The number of carbonyl (C=O) groups is 2. The number of aryl methyl sites for hydroxylation is 1. The second-order valence-corrected chi connectivity index (χ2v) is 7.51. The largest absolute Gasteiger partial charge is 0.343 e. The topological polar surface area (TPSA) is 40.6 Å². The number of hydrogen-bond donors (Lipinski definition) is 0. The third-order valence-corrected chi connectivity index (χ3v) is 5.32. The average Bonchev–Trinajstić information content (AvgIpc) is 3.02. The quantitative estimate of drug-likeness (QED) is 0.787. The van der Waals surface area contributed by atoms with Gasteiger partial charge in [0.1, 0.15) is 0 Å². The summed E-state index contributed by atoms with van der Waals surface area (Å²) in [4.78, 5) is 28.6. The van der Waals surface area contributed by atoms with Crippen molar-refractivity contribution in [1.29, 1.82) is 0 Å². The van der Waals surface area contributed by atoms with Gasteiger partial charge in [0.2, 0.25) is 5.91 Å². The van der Waals surface area contributed by atoms with Crippen LogP contribution in [0.1, 0.15) is 40.4 Å². The van der Waals surface area contributed by atoms with Crippen LogP contribution in [0.5, 0.6) is 0 Å². The van der Waals surface area contributed by atoms with E-state index in [-0.39, 0.29) is 17.7 Å². The summed E-state index contributed by atoms with van der Waals surface area (Å²) >= 11 is 0. The molecule has 0 aliphatic carbocycles. The Morgan fingerprint density at radius 2 is 1.85 bits per heavy atom. The summed E-state index contributed by atoms with van der Waals surface area (Å²) in [6, 6.07) is 16.3. The van der Waals surface area contributed by atoms with Crippen molar-refractivity contribution in [3.05, 3.63) is 70.8 Å². The van der Waals surface area contributed by atoms with Gasteiger partial charge in [-0.05, 0) is 37.5 Å². The molecular formula is C23H28N2O2. The summed E-state index contributed by atoms with van der Waals surface area (Å²) < 4.78 is 0. The molecule has 1 aliphatic rings. The highest BCUT2D eigenvalue weighted by Crippen LogP contribution is 2.21. The van der Waals surface area contributed by atoms with Crippen molar-refractivity contribution in [2.45, 2.75) is 26.7 Å². The van der Waals surface area contributed by atoms with Crippen molar-refractivity contribution in [3.8, 4) is 0 Å². The molecule has 1 heterocycles. The van der Waals surface area contributed by atoms with E-state index in [1.54, 1.807) is 4.90 Å². The number of benzene rings is 2. The Morgan fingerprint density at radius 1 is 1.15 bits per heavy atom. The van der Waals surface area contributed by atoms with Gasteiger partial charge in [-0.2, -0.15) is 0 Å². The van der Waals surface area contributed by atoms with E-state index in [9.17, 15) is 9.59 Å². The summed E-state index contributed by atoms with van der Waals surface area (Å²) in [5.74, 6) is 0.443. The Labute approximate surface area is 161 Å². The summed E-state index contributed by atoms with van der Waals surface area (Å²) in [5, 5.41) is 0. The van der Waals surface area contributed by atoms with Crippen molar-refractivity contribution in [1.82, 2.24) is 9.80 Å². The molecule has 1 aliphatic heterocycles. The van der Waals surface area contributed by atoms with Crippen LogP contribution in [0.25, 0.3) is 0 Å². The van der Waals surface area contributed by atoms with E-state index in [1.165, 1.54) is 11.1 Å². The lowest BCUT2D eigenvalue weighted by atomic mass is 9.98. The average molecular weight is 364 g/mol. The Kier molecular flexibility index (Phi) is 5.94. The van der Waals surface area contributed by atoms with E-state index in [0.29, 0.717) is 13.0 Å². The first kappa shape index (κ1) is 19.2. The summed E-state index contributed by atoms with van der Waals surface area (Å²) in [6.07, 6.45) is 1.28. The molecule has 1 saturated heterocycles. The monoisotopic (exact) mass is 364 g/mol. The van der Waals surface area contributed by atoms with Gasteiger partial charge in [0, 0.05) is 44.6 Å². The first-order chi connectivity index (χ1) is 13.0. The number of amides is 2. The first-order valence-corrected chi connectivity index (χ1v) is 9.64. The van der Waals surface area contributed by atoms with Crippen LogP contribution < -0.4 is 0 Å². The van der Waals surface area contributed by atoms with Gasteiger partial charge in [-0.25, -0.2) is 0 Å². The number of rotatable bonds is 6. The molecule has 142 valence electrons. The molecule has 2 aromatic rings. The van der Waals surface area contributed by atoms with Crippen molar-refractivity contribution in [2.75, 3.05) is 26.7 Å². The Hall–Kier alpha value is -2.62. The number of carbonyl (C=O) groups excluding carboxylic acids is 2. The predicted octanol–water partition coefficient (Wildman–Crippen LogP) is 3.53. The molecule has 0 aromatic heterocycles. The Balaban J connectivity index is 1.71. The zero-order chi connectivity index (χ0) is 19.4. The van der Waals surface area contributed by atoms with Crippen LogP contribution in [-0.2, 0) is 11.2 Å². The maximum absolute atomic E-state index is 13.1. The minimum atomic E-state index is 0.0279. The van der Waals surface area contributed by atoms with Crippen molar-refractivity contribution >= 4 is 11.8 Å². The van der Waals surface area contributed by atoms with Crippen LogP contribution in [0.15, 0.2) is 48.5 Å². The molecule has 3 rings (SSSR count). The van der Waals surface area contributed by atoms with Gasteiger partial charge < -0.3 is 9.80 Å². The molecule has 0 bridgehead atoms. The van der Waals surface area contributed by atoms with Gasteiger partial charge >= 0.3 is 0 Å². The van der Waals surface area contributed by atoms with E-state index < -0.39 is 0 Å². The molecule has 4 nitrogen and oxygen atoms in total. The van der Waals surface area contributed by atoms with Gasteiger partial charge in [-0.15, -0.1) is 0 Å². The number of nitrogens with zero attached hydrogens (tertiary/aromatic N) is 2. The van der Waals surface area contributed by atoms with Gasteiger partial charge in [0.05, 0.1) is 0 Å². The Bertz CT molecular complexity index is 813. The summed E-state index contributed by atoms with van der Waals surface area (Å²) in [7, 11) is 1.84. The van der Waals surface area contributed by atoms with Crippen LogP contribution >= 0.6 is 0 Å². The maximum Gasteiger partial charge on any atom is 0.253 e. The highest BCUT2D eigenvalue weighted by molar-refractivity contribution is 5.95. The van der Waals surface area contributed by atoms with Crippen LogP contribution in [-0.4, -0.2) is 48.3 Å². The lowest BCUT2D eigenvalue weighted by Gasteiger charge is -2.22. The fraction of sp³-hybridized carbons (Fsp3) is 0.391. The van der Waals surface area contributed by atoms with Gasteiger partial charge in [0.15, 0.2) is 0 Å². The zero-order valence-electron chi connectivity index (χ0n) is 16.4. The lowest BCUT2D eigenvalue weighted by Crippen LogP contribution is -2.33. The smallest absolute Gasteiger partial charge is 0.253 e. The van der Waals surface area contributed by atoms with Gasteiger partial charge in [-0.3, -0.25) is 9.59 Å². The molecule has 0 radical (unpaired) electrons. The van der Waals surface area contributed by atoms with E-state index in [0.717, 1.165) is 30.6 Å². The zero-order valence-corrected chi connectivity index (χ0v) is 16.4. The van der Waals surface area contributed by atoms with Crippen molar-refractivity contribution in [2.24, 2.45) is 5.92 Å². The molecule has 0 N–H and O–H groups in total. The molecule has 0 saturated carbocycles. The molecule has 1 atom stereocenters. The molecule has 2 amide bonds. The SMILES string of the molecule is CCN1CC(CN(C)C(=O)c2ccccc2Cc2ccc(C)cc2)CC1=O. The van der Waals surface area contributed by atoms with Crippen LogP contribution in [0.2, 0.25) is 0 Å². The fourth-order valence-electron chi connectivity index (χ4n) is 3.77. The Morgan fingerprint density at radius 3 is 2.52 bits per heavy atom. The van der Waals surface area contributed by atoms with E-state index in [1.807, 2.05) is 43.1 Å². The van der Waals surface area contributed by atoms with Gasteiger partial charge in [-0.1, -0.05) is 48.0 Å². The molecular weight excluding hydrogens is 336 g/mol. The second-order valence-electron chi connectivity index (χ2n) is 7.51. The molecule has 1 fully saturated rings. The van der Waals surface area contributed by atoms with E-state index >= 15 is 0 Å². The molecule has 0 spiro atoms. The standard InChI is InChI=1S/C23H28N2O2/c1-4-25-16-19(14-22(25)26)15-24(3)23(27)21-8-6-5-7-20(21)13-18-11-9-17(2)10-12-18/h5-12,19H,4,13-16H2,1-3H3. The minimum absolute atomic E-state index is 0.0279. The number of likely N-dealkylation sites (tertiary alicyclic amines) is 1. The molecule has 4 heteroatoms. The molecule has 1 unspecified atom stereocenters. The van der Waals surface area contributed by atoms with Crippen LogP contribution in [0.3, 0.4) is 0 Å². The summed E-state index contributed by atoms with van der Waals surface area (Å²) in [6.45, 7) is 6.17. The maximum atomic E-state index is 13.1. The van der Waals surface area contributed by atoms with Crippen molar-refractivity contribution in [3.63, 3.8) is 0 Å². The van der Waals surface area contributed by atoms with E-state index in [2.05, 4.69) is 31.2 Å². The first-order valence-electron chi connectivity index (χ1n) is 9.64. The minimum Gasteiger partial charge on any atom is -0.343 e. The third kappa shape index (κ3) is 4.57. The molecule has 2 aromatic carbocycles. The lowest BCUT2D eigenvalue weighted by molar-refractivity contribution is -0.127. The van der Waals surface area contributed by atoms with Crippen LogP contribution in [0.4, 0.5) is 0 Å². The number of hydrogen-bond acceptors (Lipinski definition) is 2. The summed E-state index contributed by atoms with van der Waals surface area (Å²) in [5.41, 5.74) is 4.21. The van der Waals surface area contributed by atoms with Crippen molar-refractivity contribution < 1.29 is 9.59 Å². The second kappa shape index (κ2) is 8.38. The predicted molar refractivity (Wildman–Crippen MR) is 108 cm³/mol. The normalized spacial score (nSPS) is 16.6. The highest BCUT2D eigenvalue weighted by atomic mass is 16.2. The fourth-order valence-corrected chi connectivity index (χ4v) is 3.77. The van der Waals surface area contributed by atoms with Gasteiger partial charge in [0.25, 0.3) is 5.91 Å². The van der Waals surface area contributed by atoms with Crippen LogP contribution in [0, 0.1) is 12.8 Å². The third-order valence-electron chi connectivity index (χ3n) is 5.32. The highest BCUT2D eigenvalue weighted by Gasteiger charge is 2.30.